The summed E-state index contributed by atoms with van der Waals surface area (Å²) < 4.78 is 24.5. The highest BCUT2D eigenvalue weighted by Crippen LogP contribution is 2.37. The number of carbonyl (C=O) groups excluding carboxylic acids is 1. The van der Waals surface area contributed by atoms with Crippen LogP contribution in [0, 0.1) is 10.1 Å². The number of nitrogens with zero attached hydrogens (tertiary/aromatic N) is 3. The van der Waals surface area contributed by atoms with Crippen molar-refractivity contribution in [2.45, 2.75) is 46.4 Å². The molecule has 0 spiro atoms. The van der Waals surface area contributed by atoms with Gasteiger partial charge in [0.1, 0.15) is 6.61 Å². The van der Waals surface area contributed by atoms with Gasteiger partial charge in [-0.25, -0.2) is 9.79 Å². The van der Waals surface area contributed by atoms with Crippen LogP contribution in [0.15, 0.2) is 75.7 Å². The molecule has 0 saturated heterocycles. The molecule has 0 saturated carbocycles. The van der Waals surface area contributed by atoms with Crippen molar-refractivity contribution in [1.29, 1.82) is 0 Å². The van der Waals surface area contributed by atoms with Crippen molar-refractivity contribution < 1.29 is 28.7 Å². The summed E-state index contributed by atoms with van der Waals surface area (Å²) in [6.45, 7) is 7.44. The van der Waals surface area contributed by atoms with E-state index >= 15 is 0 Å². The van der Waals surface area contributed by atoms with Gasteiger partial charge in [-0.3, -0.25) is 19.5 Å². The monoisotopic (exact) mass is 711 g/mol. The molecule has 0 unspecified atom stereocenters. The number of benzene rings is 3. The Morgan fingerprint density at radius 3 is 2.40 bits per heavy atom. The van der Waals surface area contributed by atoms with E-state index in [2.05, 4.69) is 4.99 Å². The number of methoxy groups -OCH3 is 1. The number of hydrogen-bond donors (Lipinski definition) is 0. The first kappa shape index (κ1) is 34.7. The number of halogens is 2. The van der Waals surface area contributed by atoms with Crippen LogP contribution >= 0.6 is 34.5 Å². The van der Waals surface area contributed by atoms with E-state index in [0.29, 0.717) is 43.2 Å². The highest BCUT2D eigenvalue weighted by atomic mass is 35.5. The summed E-state index contributed by atoms with van der Waals surface area (Å²) in [5, 5.41) is 11.3. The quantitative estimate of drug-likeness (QED) is 0.0994. The normalized spacial score (nSPS) is 14.4. The third kappa shape index (κ3) is 7.25. The molecule has 0 bridgehead atoms. The van der Waals surface area contributed by atoms with Crippen molar-refractivity contribution in [1.82, 2.24) is 4.57 Å². The van der Waals surface area contributed by atoms with Gasteiger partial charge in [-0.2, -0.15) is 0 Å². The molecule has 5 rings (SSSR count). The van der Waals surface area contributed by atoms with Crippen molar-refractivity contribution in [2.75, 3.05) is 13.7 Å². The average molecular weight is 713 g/mol. The molecule has 0 fully saturated rings. The summed E-state index contributed by atoms with van der Waals surface area (Å²) in [7, 11) is 1.52. The number of esters is 1. The Labute approximate surface area is 289 Å². The number of non-ortho nitro benzene ring substituents is 1. The molecule has 3 aromatic carbocycles. The molecular formula is C34H31Cl2N3O8S. The van der Waals surface area contributed by atoms with Gasteiger partial charge in [0.05, 0.1) is 56.6 Å². The summed E-state index contributed by atoms with van der Waals surface area (Å²) in [6.07, 6.45) is 1.54. The fourth-order valence-corrected chi connectivity index (χ4v) is 6.79. The van der Waals surface area contributed by atoms with E-state index in [1.165, 1.54) is 23.8 Å². The van der Waals surface area contributed by atoms with Crippen LogP contribution in [-0.2, 0) is 16.1 Å². The van der Waals surface area contributed by atoms with Crippen molar-refractivity contribution in [3.8, 4) is 17.2 Å². The minimum atomic E-state index is -0.855. The van der Waals surface area contributed by atoms with E-state index in [1.54, 1.807) is 62.4 Å². The molecule has 11 nitrogen and oxygen atoms in total. The van der Waals surface area contributed by atoms with Gasteiger partial charge >= 0.3 is 5.97 Å². The van der Waals surface area contributed by atoms with Crippen LogP contribution in [0.1, 0.15) is 50.4 Å². The Hall–Kier alpha value is -4.65. The topological polar surface area (TPSA) is 131 Å². The molecule has 1 aromatic heterocycles. The molecule has 0 amide bonds. The van der Waals surface area contributed by atoms with Crippen LogP contribution in [0.4, 0.5) is 5.69 Å². The second-order valence-electron chi connectivity index (χ2n) is 10.9. The summed E-state index contributed by atoms with van der Waals surface area (Å²) in [5.74, 6) is 0.614. The van der Waals surface area contributed by atoms with Crippen molar-refractivity contribution in [3.63, 3.8) is 0 Å². The summed E-state index contributed by atoms with van der Waals surface area (Å²) in [6, 6.07) is 13.6. The Kier molecular flexibility index (Phi) is 10.6. The number of nitro groups is 1. The van der Waals surface area contributed by atoms with Crippen molar-refractivity contribution in [2.24, 2.45) is 4.99 Å². The van der Waals surface area contributed by atoms with Gasteiger partial charge in [-0.1, -0.05) is 40.6 Å². The summed E-state index contributed by atoms with van der Waals surface area (Å²) in [4.78, 5) is 42.8. The summed E-state index contributed by atoms with van der Waals surface area (Å²) in [5.41, 5.74) is 2.07. The number of thiazole rings is 1. The van der Waals surface area contributed by atoms with Gasteiger partial charge in [0.2, 0.25) is 0 Å². The van der Waals surface area contributed by atoms with E-state index in [0.717, 1.165) is 11.3 Å². The Balaban J connectivity index is 1.54. The maximum Gasteiger partial charge on any atom is 0.338 e. The number of hydrogen-bond acceptors (Lipinski definition) is 10. The Bertz CT molecular complexity index is 2080. The zero-order valence-electron chi connectivity index (χ0n) is 26.6. The van der Waals surface area contributed by atoms with Crippen molar-refractivity contribution in [3.05, 3.63) is 122 Å². The molecule has 48 heavy (non-hydrogen) atoms. The lowest BCUT2D eigenvalue weighted by Gasteiger charge is -2.25. The van der Waals surface area contributed by atoms with Gasteiger partial charge < -0.3 is 18.9 Å². The van der Waals surface area contributed by atoms with Crippen LogP contribution in [-0.4, -0.2) is 35.3 Å². The van der Waals surface area contributed by atoms with Gasteiger partial charge in [0.25, 0.3) is 11.2 Å². The SMILES string of the molecule is CCOC(=O)C1=C(C)N=c2s/c(=C\c3cc(Cl)c(OCc4ccc([N+](=O)[O-])cc4)c(Cl)c3)c(=O)n2[C@H]1c1ccc(OC(C)C)c(OC)c1. The number of allylic oxidation sites excluding steroid dienone is 1. The Morgan fingerprint density at radius 1 is 1.10 bits per heavy atom. The molecule has 0 aliphatic carbocycles. The molecule has 0 N–H and O–H groups in total. The zero-order valence-corrected chi connectivity index (χ0v) is 28.9. The highest BCUT2D eigenvalue weighted by molar-refractivity contribution is 7.07. The number of ether oxygens (including phenoxy) is 4. The lowest BCUT2D eigenvalue weighted by Crippen LogP contribution is -2.40. The number of aromatic nitrogens is 1. The second-order valence-corrected chi connectivity index (χ2v) is 12.7. The smallest absolute Gasteiger partial charge is 0.338 e. The third-order valence-electron chi connectivity index (χ3n) is 7.23. The van der Waals surface area contributed by atoms with Gasteiger partial charge in [0.15, 0.2) is 22.0 Å². The molecule has 4 aromatic rings. The van der Waals surface area contributed by atoms with E-state index < -0.39 is 16.9 Å². The molecule has 250 valence electrons. The van der Waals surface area contributed by atoms with E-state index in [4.69, 9.17) is 42.1 Å². The standard InChI is InChI=1S/C34H31Cl2N3O8S/c1-6-45-33(41)29-19(4)37-34-38(30(29)22-9-12-26(47-18(2)3)27(16-22)44-5)32(40)28(48-34)15-21-13-24(35)31(25(36)14-21)46-17-20-7-10-23(11-8-20)39(42)43/h7-16,18,30H,6,17H2,1-5H3/b28-15-/t30-/m0/s1. The lowest BCUT2D eigenvalue weighted by atomic mass is 9.95. The first-order valence-corrected chi connectivity index (χ1v) is 16.4. The first-order valence-electron chi connectivity index (χ1n) is 14.8. The largest absolute Gasteiger partial charge is 0.493 e. The van der Waals surface area contributed by atoms with Crippen molar-refractivity contribution >= 4 is 52.3 Å². The number of rotatable bonds is 11. The fraction of sp³-hybridized carbons (Fsp3) is 0.265. The van der Waals surface area contributed by atoms with Crippen LogP contribution < -0.4 is 29.1 Å². The first-order chi connectivity index (χ1) is 22.9. The van der Waals surface area contributed by atoms with Crippen LogP contribution in [0.25, 0.3) is 6.08 Å². The number of carbonyl (C=O) groups is 1. The van der Waals surface area contributed by atoms with Crippen LogP contribution in [0.5, 0.6) is 17.2 Å². The summed E-state index contributed by atoms with van der Waals surface area (Å²) >= 11 is 14.3. The number of nitro benzene ring substituents is 1. The molecule has 1 aliphatic heterocycles. The molecular weight excluding hydrogens is 681 g/mol. The zero-order chi connectivity index (χ0) is 34.7. The Morgan fingerprint density at radius 2 is 1.79 bits per heavy atom. The molecule has 1 atom stereocenters. The van der Waals surface area contributed by atoms with Gasteiger partial charge in [0, 0.05) is 12.1 Å². The van der Waals surface area contributed by atoms with Gasteiger partial charge in [-0.15, -0.1) is 0 Å². The van der Waals surface area contributed by atoms with Gasteiger partial charge in [-0.05, 0) is 86.9 Å². The predicted octanol–water partition coefficient (Wildman–Crippen LogP) is 6.39. The molecule has 1 aliphatic rings. The van der Waals surface area contributed by atoms with E-state index in [1.807, 2.05) is 13.8 Å². The fourth-order valence-electron chi connectivity index (χ4n) is 5.13. The third-order valence-corrected chi connectivity index (χ3v) is 8.78. The predicted molar refractivity (Wildman–Crippen MR) is 183 cm³/mol. The average Bonchev–Trinajstić information content (AvgIpc) is 3.33. The number of fused-ring (bicyclic) bond motifs is 1. The maximum atomic E-state index is 14.1. The minimum absolute atomic E-state index is 0.0306. The van der Waals surface area contributed by atoms with E-state index in [-0.39, 0.29) is 51.9 Å². The molecule has 14 heteroatoms. The van der Waals surface area contributed by atoms with Crippen LogP contribution in [0.2, 0.25) is 10.0 Å². The lowest BCUT2D eigenvalue weighted by molar-refractivity contribution is -0.384. The minimum Gasteiger partial charge on any atom is -0.493 e. The maximum absolute atomic E-state index is 14.1. The molecule has 0 radical (unpaired) electrons. The van der Waals surface area contributed by atoms with Crippen LogP contribution in [0.3, 0.4) is 0 Å². The van der Waals surface area contributed by atoms with E-state index in [9.17, 15) is 19.7 Å². The molecule has 2 heterocycles. The highest BCUT2D eigenvalue weighted by Gasteiger charge is 2.34. The second kappa shape index (κ2) is 14.6.